The largest absolute Gasteiger partial charge is 0.408 e. The number of halogens is 4. The maximum absolute atomic E-state index is 14.0. The molecule has 2 aromatic rings. The molecule has 29 heavy (non-hydrogen) atoms. The zero-order valence-corrected chi connectivity index (χ0v) is 15.8. The fourth-order valence-electron chi connectivity index (χ4n) is 4.38. The van der Waals surface area contributed by atoms with Crippen molar-refractivity contribution in [3.8, 4) is 6.07 Å². The Kier molecular flexibility index (Phi) is 4.85. The lowest BCUT2D eigenvalue weighted by Crippen LogP contribution is -2.43. The molecular weight excluding hydrogens is 384 g/mol. The number of aliphatic imine (C=N–C) groups is 1. The third-order valence-electron chi connectivity index (χ3n) is 5.82. The molecule has 2 heterocycles. The van der Waals surface area contributed by atoms with Crippen LogP contribution in [0.1, 0.15) is 56.1 Å². The SMILES string of the molecule is C[C@H](N1C=CC=NC1c1c(C#N)c2cc(F)ccc2n1C1CCCC1)C(F)(F)F. The smallest absolute Gasteiger partial charge is 0.339 e. The molecule has 0 radical (unpaired) electrons. The predicted molar refractivity (Wildman–Crippen MR) is 102 cm³/mol. The molecule has 1 aliphatic heterocycles. The summed E-state index contributed by atoms with van der Waals surface area (Å²) in [6, 6.07) is 4.57. The van der Waals surface area contributed by atoms with Crippen molar-refractivity contribution in [2.24, 2.45) is 4.99 Å². The second-order valence-electron chi connectivity index (χ2n) is 7.52. The minimum absolute atomic E-state index is 0.0456. The number of aromatic nitrogens is 1. The van der Waals surface area contributed by atoms with Crippen LogP contribution in [0.4, 0.5) is 17.6 Å². The summed E-state index contributed by atoms with van der Waals surface area (Å²) in [7, 11) is 0. The first kappa shape index (κ1) is 19.5. The summed E-state index contributed by atoms with van der Waals surface area (Å²) >= 11 is 0. The second kappa shape index (κ2) is 7.21. The Morgan fingerprint density at radius 2 is 1.97 bits per heavy atom. The summed E-state index contributed by atoms with van der Waals surface area (Å²) < 4.78 is 56.4. The van der Waals surface area contributed by atoms with Gasteiger partial charge in [-0.15, -0.1) is 0 Å². The van der Waals surface area contributed by atoms with E-state index in [2.05, 4.69) is 11.1 Å². The number of hydrogen-bond acceptors (Lipinski definition) is 3. The number of allylic oxidation sites excluding steroid dienone is 1. The van der Waals surface area contributed by atoms with Gasteiger partial charge in [-0.1, -0.05) is 12.8 Å². The number of benzene rings is 1. The minimum atomic E-state index is -4.46. The second-order valence-corrected chi connectivity index (χ2v) is 7.52. The van der Waals surface area contributed by atoms with Gasteiger partial charge in [0.25, 0.3) is 0 Å². The van der Waals surface area contributed by atoms with E-state index in [4.69, 9.17) is 0 Å². The molecule has 0 bridgehead atoms. The highest BCUT2D eigenvalue weighted by Gasteiger charge is 2.44. The van der Waals surface area contributed by atoms with Crippen molar-refractivity contribution in [1.82, 2.24) is 9.47 Å². The zero-order chi connectivity index (χ0) is 20.8. The van der Waals surface area contributed by atoms with E-state index in [0.29, 0.717) is 16.6 Å². The molecule has 1 fully saturated rings. The lowest BCUT2D eigenvalue weighted by Gasteiger charge is -2.37. The average molecular weight is 404 g/mol. The highest BCUT2D eigenvalue weighted by Crippen LogP contribution is 2.43. The maximum Gasteiger partial charge on any atom is 0.408 e. The van der Waals surface area contributed by atoms with Crippen LogP contribution < -0.4 is 0 Å². The topological polar surface area (TPSA) is 44.3 Å². The van der Waals surface area contributed by atoms with Crippen LogP contribution in [0, 0.1) is 17.1 Å². The van der Waals surface area contributed by atoms with Crippen molar-refractivity contribution in [2.45, 2.75) is 57.0 Å². The number of hydrogen-bond donors (Lipinski definition) is 0. The number of rotatable bonds is 3. The normalized spacial score (nSPS) is 21.1. The van der Waals surface area contributed by atoms with Crippen LogP contribution in [0.25, 0.3) is 10.9 Å². The van der Waals surface area contributed by atoms with Gasteiger partial charge in [0.2, 0.25) is 0 Å². The molecule has 0 amide bonds. The Labute approximate surface area is 165 Å². The molecule has 1 aromatic heterocycles. The van der Waals surface area contributed by atoms with Gasteiger partial charge >= 0.3 is 6.18 Å². The van der Waals surface area contributed by atoms with E-state index >= 15 is 0 Å². The third-order valence-corrected chi connectivity index (χ3v) is 5.82. The van der Waals surface area contributed by atoms with Gasteiger partial charge in [-0.05, 0) is 44.0 Å². The van der Waals surface area contributed by atoms with Gasteiger partial charge in [0, 0.05) is 23.8 Å². The van der Waals surface area contributed by atoms with E-state index in [0.717, 1.165) is 37.5 Å². The van der Waals surface area contributed by atoms with Crippen molar-refractivity contribution in [1.29, 1.82) is 5.26 Å². The van der Waals surface area contributed by atoms with Crippen LogP contribution in [0.2, 0.25) is 0 Å². The van der Waals surface area contributed by atoms with Crippen LogP contribution in [-0.4, -0.2) is 27.9 Å². The first-order valence-corrected chi connectivity index (χ1v) is 9.60. The molecule has 2 atom stereocenters. The van der Waals surface area contributed by atoms with Crippen LogP contribution in [0.15, 0.2) is 35.5 Å². The van der Waals surface area contributed by atoms with E-state index in [1.54, 1.807) is 6.07 Å². The summed E-state index contributed by atoms with van der Waals surface area (Å²) in [5, 5.41) is 10.3. The first-order chi connectivity index (χ1) is 13.8. The van der Waals surface area contributed by atoms with Gasteiger partial charge in [0.15, 0.2) is 6.17 Å². The van der Waals surface area contributed by atoms with Crippen LogP contribution in [0.3, 0.4) is 0 Å². The van der Waals surface area contributed by atoms with Crippen LogP contribution in [-0.2, 0) is 0 Å². The molecule has 4 nitrogen and oxygen atoms in total. The van der Waals surface area contributed by atoms with Gasteiger partial charge < -0.3 is 9.47 Å². The van der Waals surface area contributed by atoms with Gasteiger partial charge in [0.05, 0.1) is 16.8 Å². The third kappa shape index (κ3) is 3.28. The highest BCUT2D eigenvalue weighted by molar-refractivity contribution is 5.89. The molecule has 1 aliphatic carbocycles. The maximum atomic E-state index is 14.0. The van der Waals surface area contributed by atoms with E-state index < -0.39 is 24.2 Å². The summed E-state index contributed by atoms with van der Waals surface area (Å²) in [5.41, 5.74) is 1.24. The Balaban J connectivity index is 1.96. The molecule has 1 aromatic carbocycles. The summed E-state index contributed by atoms with van der Waals surface area (Å²) in [6.07, 6.45) is 2.51. The van der Waals surface area contributed by atoms with E-state index in [9.17, 15) is 22.8 Å². The lowest BCUT2D eigenvalue weighted by molar-refractivity contribution is -0.177. The molecule has 0 spiro atoms. The van der Waals surface area contributed by atoms with Gasteiger partial charge in [-0.3, -0.25) is 4.99 Å². The fraction of sp³-hybridized carbons (Fsp3) is 0.429. The monoisotopic (exact) mass is 404 g/mol. The van der Waals surface area contributed by atoms with Crippen LogP contribution >= 0.6 is 0 Å². The number of fused-ring (bicyclic) bond motifs is 1. The number of nitrogens with zero attached hydrogens (tertiary/aromatic N) is 4. The molecule has 0 N–H and O–H groups in total. The zero-order valence-electron chi connectivity index (χ0n) is 15.8. The van der Waals surface area contributed by atoms with Gasteiger partial charge in [-0.2, -0.15) is 18.4 Å². The summed E-state index contributed by atoms with van der Waals surface area (Å²) in [4.78, 5) is 5.44. The average Bonchev–Trinajstić information content (AvgIpc) is 3.31. The van der Waals surface area contributed by atoms with Crippen molar-refractivity contribution in [3.05, 3.63) is 47.5 Å². The summed E-state index contributed by atoms with van der Waals surface area (Å²) in [5.74, 6) is -0.489. The predicted octanol–water partition coefficient (Wildman–Crippen LogP) is 5.62. The first-order valence-electron chi connectivity index (χ1n) is 9.60. The molecule has 8 heteroatoms. The van der Waals surface area contributed by atoms with E-state index in [1.807, 2.05) is 4.57 Å². The van der Waals surface area contributed by atoms with Gasteiger partial charge in [-0.25, -0.2) is 4.39 Å². The quantitative estimate of drug-likeness (QED) is 0.624. The van der Waals surface area contributed by atoms with E-state index in [-0.39, 0.29) is 11.6 Å². The molecule has 0 saturated heterocycles. The minimum Gasteiger partial charge on any atom is -0.339 e. The Morgan fingerprint density at radius 3 is 2.62 bits per heavy atom. The Hall–Kier alpha value is -2.82. The molecule has 1 saturated carbocycles. The van der Waals surface area contributed by atoms with Crippen molar-refractivity contribution >= 4 is 17.1 Å². The highest BCUT2D eigenvalue weighted by atomic mass is 19.4. The Morgan fingerprint density at radius 1 is 1.24 bits per heavy atom. The summed E-state index contributed by atoms with van der Waals surface area (Å²) in [6.45, 7) is 1.08. The standard InChI is InChI=1S/C21H20F4N4/c1-13(21(23,24)25)28-10-4-9-27-20(28)19-17(12-26)16-11-14(22)7-8-18(16)29(19)15-5-2-3-6-15/h4,7-11,13,15,20H,2-3,5-6H2,1H3/t13-,20?/m0/s1. The fourth-order valence-corrected chi connectivity index (χ4v) is 4.38. The molecule has 1 unspecified atom stereocenters. The molecule has 152 valence electrons. The van der Waals surface area contributed by atoms with Gasteiger partial charge in [0.1, 0.15) is 17.9 Å². The lowest BCUT2D eigenvalue weighted by atomic mass is 10.1. The number of alkyl halides is 3. The number of nitriles is 1. The van der Waals surface area contributed by atoms with Crippen LogP contribution in [0.5, 0.6) is 0 Å². The van der Waals surface area contributed by atoms with Crippen molar-refractivity contribution in [2.75, 3.05) is 0 Å². The van der Waals surface area contributed by atoms with E-state index in [1.165, 1.54) is 30.6 Å². The molecule has 2 aliphatic rings. The Bertz CT molecular complexity index is 1020. The molecule has 4 rings (SSSR count). The molecular formula is C21H20F4N4. The van der Waals surface area contributed by atoms with Crippen molar-refractivity contribution in [3.63, 3.8) is 0 Å². The van der Waals surface area contributed by atoms with Crippen molar-refractivity contribution < 1.29 is 17.6 Å².